The van der Waals surface area contributed by atoms with Gasteiger partial charge in [0.1, 0.15) is 17.7 Å². The van der Waals surface area contributed by atoms with E-state index in [-0.39, 0.29) is 17.4 Å². The summed E-state index contributed by atoms with van der Waals surface area (Å²) in [5, 5.41) is 14.5. The number of dihydropyridines is 1. The van der Waals surface area contributed by atoms with E-state index in [0.29, 0.717) is 30.4 Å². The van der Waals surface area contributed by atoms with E-state index in [9.17, 15) is 27.5 Å². The van der Waals surface area contributed by atoms with Gasteiger partial charge < -0.3 is 25.5 Å². The van der Waals surface area contributed by atoms with E-state index in [1.165, 1.54) is 24.4 Å². The maximum atomic E-state index is 14.4. The second-order valence-corrected chi connectivity index (χ2v) is 8.54. The lowest BCUT2D eigenvalue weighted by Crippen LogP contribution is -2.50. The molecule has 3 heterocycles. The number of rotatable bonds is 4. The third-order valence-corrected chi connectivity index (χ3v) is 6.14. The number of hydrogen-bond donors (Lipinski definition) is 3. The summed E-state index contributed by atoms with van der Waals surface area (Å²) in [6.45, 7) is 4.05. The van der Waals surface area contributed by atoms with Gasteiger partial charge in [0, 0.05) is 43.6 Å². The Morgan fingerprint density at radius 1 is 1.26 bits per heavy atom. The van der Waals surface area contributed by atoms with Crippen molar-refractivity contribution in [3.05, 3.63) is 65.8 Å². The number of pyridine rings is 1. The molecule has 1 saturated heterocycles. The average molecular weight is 491 g/mol. The number of nitrogens with zero attached hydrogens (tertiary/aromatic N) is 3. The van der Waals surface area contributed by atoms with Crippen LogP contribution in [-0.2, 0) is 4.79 Å². The average Bonchev–Trinajstić information content (AvgIpc) is 2.80. The summed E-state index contributed by atoms with van der Waals surface area (Å²) < 4.78 is 55.0. The molecule has 0 radical (unpaired) electrons. The number of anilines is 2. The van der Waals surface area contributed by atoms with Crippen molar-refractivity contribution in [2.24, 2.45) is 0 Å². The fourth-order valence-electron chi connectivity index (χ4n) is 4.09. The highest BCUT2D eigenvalue weighted by molar-refractivity contribution is 6.09. The van der Waals surface area contributed by atoms with Crippen molar-refractivity contribution >= 4 is 17.3 Å². The van der Waals surface area contributed by atoms with Crippen LogP contribution in [0, 0.1) is 5.82 Å². The molecule has 0 aliphatic carbocycles. The smallest absolute Gasteiger partial charge is 0.370 e. The number of hydrogen-bond acceptors (Lipinski definition) is 6. The molecule has 2 aliphatic rings. The first-order valence-electron chi connectivity index (χ1n) is 11.0. The third-order valence-electron chi connectivity index (χ3n) is 6.14. The molecule has 0 bridgehead atoms. The normalized spacial score (nSPS) is 21.2. The van der Waals surface area contributed by atoms with Crippen LogP contribution in [-0.4, -0.2) is 66.0 Å². The van der Waals surface area contributed by atoms with E-state index in [1.54, 1.807) is 12.1 Å². The standard InChI is InChI=1S/C24H25F4N5O2/c1-14-13-33(9-8-32(14)2)20-6-5-15(22-18(25)4-3-7-29-22)10-19(20)31-23(35)16-12-30-21(34)11-17(16)24(26,27)28/h3-7,10-12,14,21,30,34H,8-9,13H2,1-2H3,(H,31,35)/t14-,21?/m0/s1. The Hall–Kier alpha value is -3.44. The Morgan fingerprint density at radius 2 is 2.03 bits per heavy atom. The summed E-state index contributed by atoms with van der Waals surface area (Å²) in [6.07, 6.45) is -3.61. The van der Waals surface area contributed by atoms with Crippen molar-refractivity contribution in [3.63, 3.8) is 0 Å². The number of carbonyl (C=O) groups excluding carboxylic acids is 1. The van der Waals surface area contributed by atoms with E-state index >= 15 is 0 Å². The topological polar surface area (TPSA) is 80.7 Å². The number of piperazine rings is 1. The number of carbonyl (C=O) groups is 1. The molecule has 0 saturated carbocycles. The molecule has 35 heavy (non-hydrogen) atoms. The highest BCUT2D eigenvalue weighted by atomic mass is 19.4. The second-order valence-electron chi connectivity index (χ2n) is 8.54. The summed E-state index contributed by atoms with van der Waals surface area (Å²) in [5.74, 6) is -1.59. The van der Waals surface area contributed by atoms with E-state index in [0.717, 1.165) is 12.7 Å². The number of aliphatic hydroxyl groups excluding tert-OH is 1. The summed E-state index contributed by atoms with van der Waals surface area (Å²) in [7, 11) is 2.00. The van der Waals surface area contributed by atoms with Gasteiger partial charge in [-0.25, -0.2) is 4.39 Å². The van der Waals surface area contributed by atoms with Gasteiger partial charge in [0.25, 0.3) is 5.91 Å². The number of benzene rings is 1. The van der Waals surface area contributed by atoms with Gasteiger partial charge in [0.2, 0.25) is 0 Å². The highest BCUT2D eigenvalue weighted by Crippen LogP contribution is 2.36. The van der Waals surface area contributed by atoms with Crippen molar-refractivity contribution in [2.75, 3.05) is 36.9 Å². The summed E-state index contributed by atoms with van der Waals surface area (Å²) >= 11 is 0. The van der Waals surface area contributed by atoms with Crippen LogP contribution in [0.25, 0.3) is 11.3 Å². The SMILES string of the molecule is C[C@H]1CN(c2ccc(-c3ncccc3F)cc2NC(=O)C2=CNC(O)C=C2C(F)(F)F)CCN1C. The van der Waals surface area contributed by atoms with Crippen LogP contribution in [0.2, 0.25) is 0 Å². The number of aromatic nitrogens is 1. The minimum absolute atomic E-state index is 0.0545. The van der Waals surface area contributed by atoms with Gasteiger partial charge in [-0.05, 0) is 44.3 Å². The maximum Gasteiger partial charge on any atom is 0.417 e. The molecule has 1 fully saturated rings. The monoisotopic (exact) mass is 491 g/mol. The van der Waals surface area contributed by atoms with Crippen LogP contribution >= 0.6 is 0 Å². The zero-order valence-electron chi connectivity index (χ0n) is 19.1. The number of halogens is 4. The summed E-state index contributed by atoms with van der Waals surface area (Å²) in [6, 6.07) is 7.77. The van der Waals surface area contributed by atoms with E-state index < -0.39 is 35.3 Å². The van der Waals surface area contributed by atoms with Gasteiger partial charge in [-0.2, -0.15) is 13.2 Å². The Labute approximate surface area is 199 Å². The molecule has 1 aromatic heterocycles. The molecular formula is C24H25F4N5O2. The van der Waals surface area contributed by atoms with E-state index in [1.807, 2.05) is 18.9 Å². The molecule has 2 aromatic rings. The lowest BCUT2D eigenvalue weighted by molar-refractivity contribution is -0.115. The van der Waals surface area contributed by atoms with Crippen LogP contribution < -0.4 is 15.5 Å². The highest BCUT2D eigenvalue weighted by Gasteiger charge is 2.40. The number of alkyl halides is 3. The van der Waals surface area contributed by atoms with Crippen molar-refractivity contribution in [3.8, 4) is 11.3 Å². The molecule has 3 N–H and O–H groups in total. The zero-order valence-corrected chi connectivity index (χ0v) is 19.1. The van der Waals surface area contributed by atoms with Crippen LogP contribution in [0.1, 0.15) is 6.92 Å². The van der Waals surface area contributed by atoms with Gasteiger partial charge in [0.15, 0.2) is 0 Å². The molecule has 2 atom stereocenters. The van der Waals surface area contributed by atoms with Crippen molar-refractivity contribution < 1.29 is 27.5 Å². The predicted molar refractivity (Wildman–Crippen MR) is 124 cm³/mol. The number of aliphatic hydroxyl groups is 1. The molecule has 1 amide bonds. The first-order valence-corrected chi connectivity index (χ1v) is 11.0. The quantitative estimate of drug-likeness (QED) is 0.570. The first kappa shape index (κ1) is 24.7. The Kier molecular flexibility index (Phi) is 6.82. The number of nitrogens with one attached hydrogen (secondary N) is 2. The molecule has 7 nitrogen and oxygen atoms in total. The first-order chi connectivity index (χ1) is 16.5. The van der Waals surface area contributed by atoms with Crippen molar-refractivity contribution in [1.82, 2.24) is 15.2 Å². The van der Waals surface area contributed by atoms with Gasteiger partial charge in [0.05, 0.1) is 22.5 Å². The molecule has 4 rings (SSSR count). The lowest BCUT2D eigenvalue weighted by Gasteiger charge is -2.39. The molecular weight excluding hydrogens is 466 g/mol. The molecule has 2 aliphatic heterocycles. The fourth-order valence-corrected chi connectivity index (χ4v) is 4.09. The van der Waals surface area contributed by atoms with Gasteiger partial charge >= 0.3 is 6.18 Å². The lowest BCUT2D eigenvalue weighted by atomic mass is 10.0. The van der Waals surface area contributed by atoms with E-state index in [2.05, 4.69) is 20.5 Å². The Bertz CT molecular complexity index is 1180. The summed E-state index contributed by atoms with van der Waals surface area (Å²) in [5.41, 5.74) is -0.679. The third kappa shape index (κ3) is 5.30. The summed E-state index contributed by atoms with van der Waals surface area (Å²) in [4.78, 5) is 21.3. The molecule has 1 unspecified atom stereocenters. The van der Waals surface area contributed by atoms with Crippen LogP contribution in [0.15, 0.2) is 60.0 Å². The van der Waals surface area contributed by atoms with Gasteiger partial charge in [-0.1, -0.05) is 6.07 Å². The predicted octanol–water partition coefficient (Wildman–Crippen LogP) is 3.26. The Balaban J connectivity index is 1.72. The Morgan fingerprint density at radius 3 is 2.71 bits per heavy atom. The van der Waals surface area contributed by atoms with Crippen LogP contribution in [0.3, 0.4) is 0 Å². The van der Waals surface area contributed by atoms with Gasteiger partial charge in [-0.3, -0.25) is 9.78 Å². The van der Waals surface area contributed by atoms with E-state index in [4.69, 9.17) is 0 Å². The molecule has 0 spiro atoms. The van der Waals surface area contributed by atoms with Crippen molar-refractivity contribution in [2.45, 2.75) is 25.4 Å². The minimum Gasteiger partial charge on any atom is -0.370 e. The second kappa shape index (κ2) is 9.67. The largest absolute Gasteiger partial charge is 0.417 e. The molecule has 11 heteroatoms. The fraction of sp³-hybridized carbons (Fsp3) is 0.333. The number of amides is 1. The zero-order chi connectivity index (χ0) is 25.3. The maximum absolute atomic E-state index is 14.4. The van der Waals surface area contributed by atoms with Crippen LogP contribution in [0.4, 0.5) is 28.9 Å². The van der Waals surface area contributed by atoms with Crippen molar-refractivity contribution in [1.29, 1.82) is 0 Å². The van der Waals surface area contributed by atoms with Crippen LogP contribution in [0.5, 0.6) is 0 Å². The molecule has 186 valence electrons. The molecule has 1 aromatic carbocycles. The number of likely N-dealkylation sites (N-methyl/N-ethyl adjacent to an activating group) is 1. The minimum atomic E-state index is -4.85. The van der Waals surface area contributed by atoms with Gasteiger partial charge in [-0.15, -0.1) is 0 Å².